The second-order valence-corrected chi connectivity index (χ2v) is 5.74. The Morgan fingerprint density at radius 1 is 1.10 bits per heavy atom. The fraction of sp³-hybridized carbons (Fsp3) is 0.588. The number of ketones is 1. The molecule has 110 valence electrons. The second-order valence-electron chi connectivity index (χ2n) is 5.74. The van der Waals surface area contributed by atoms with Crippen LogP contribution in [0.15, 0.2) is 24.3 Å². The molecule has 0 saturated heterocycles. The number of ether oxygens (including phenoxy) is 2. The number of rotatable bonds is 3. The van der Waals surface area contributed by atoms with Crippen LogP contribution in [-0.4, -0.2) is 19.0 Å². The highest BCUT2D eigenvalue weighted by Crippen LogP contribution is 2.25. The van der Waals surface area contributed by atoms with E-state index < -0.39 is 0 Å². The molecule has 0 amide bonds. The molecule has 3 heteroatoms. The van der Waals surface area contributed by atoms with Gasteiger partial charge in [-0.1, -0.05) is 6.92 Å². The predicted molar refractivity (Wildman–Crippen MR) is 79.3 cm³/mol. The molecule has 3 nitrogen and oxygen atoms in total. The predicted octanol–water partition coefficient (Wildman–Crippen LogP) is 4.00. The SMILES string of the molecule is COc1ccc(OC2CCCCC(=O)CC(C)C2)cc1. The molecule has 0 N–H and O–H groups in total. The molecule has 20 heavy (non-hydrogen) atoms. The maximum absolute atomic E-state index is 11.7. The summed E-state index contributed by atoms with van der Waals surface area (Å²) in [5, 5.41) is 0. The third-order valence-electron chi connectivity index (χ3n) is 3.84. The molecule has 0 bridgehead atoms. The molecular formula is C17H24O3. The van der Waals surface area contributed by atoms with E-state index in [0.717, 1.165) is 43.6 Å². The number of carbonyl (C=O) groups is 1. The molecular weight excluding hydrogens is 252 g/mol. The Morgan fingerprint density at radius 2 is 1.80 bits per heavy atom. The first-order chi connectivity index (χ1) is 9.67. The van der Waals surface area contributed by atoms with Gasteiger partial charge >= 0.3 is 0 Å². The zero-order valence-electron chi connectivity index (χ0n) is 12.4. The molecule has 0 spiro atoms. The van der Waals surface area contributed by atoms with Crippen molar-refractivity contribution in [3.05, 3.63) is 24.3 Å². The standard InChI is InChI=1S/C17H24O3/c1-13-11-14(18)5-3-4-6-17(12-13)20-16-9-7-15(19-2)8-10-16/h7-10,13,17H,3-6,11-12H2,1-2H3. The molecule has 2 rings (SSSR count). The molecule has 1 aliphatic rings. The number of hydrogen-bond donors (Lipinski definition) is 0. The highest BCUT2D eigenvalue weighted by atomic mass is 16.5. The van der Waals surface area contributed by atoms with Crippen LogP contribution in [0.2, 0.25) is 0 Å². The highest BCUT2D eigenvalue weighted by molar-refractivity contribution is 5.78. The smallest absolute Gasteiger partial charge is 0.133 e. The summed E-state index contributed by atoms with van der Waals surface area (Å²) in [5.41, 5.74) is 0. The van der Waals surface area contributed by atoms with Crippen molar-refractivity contribution in [3.63, 3.8) is 0 Å². The lowest BCUT2D eigenvalue weighted by molar-refractivity contribution is -0.119. The Balaban J connectivity index is 1.96. The molecule has 1 aromatic carbocycles. The fourth-order valence-corrected chi connectivity index (χ4v) is 2.79. The van der Waals surface area contributed by atoms with Crippen LogP contribution < -0.4 is 9.47 Å². The molecule has 0 radical (unpaired) electrons. The van der Waals surface area contributed by atoms with Crippen LogP contribution in [0.25, 0.3) is 0 Å². The summed E-state index contributed by atoms with van der Waals surface area (Å²) >= 11 is 0. The third kappa shape index (κ3) is 4.55. The van der Waals surface area contributed by atoms with E-state index in [2.05, 4.69) is 6.92 Å². The molecule has 0 aliphatic heterocycles. The van der Waals surface area contributed by atoms with E-state index in [1.54, 1.807) is 7.11 Å². The Morgan fingerprint density at radius 3 is 2.50 bits per heavy atom. The van der Waals surface area contributed by atoms with Gasteiger partial charge < -0.3 is 9.47 Å². The first-order valence-electron chi connectivity index (χ1n) is 7.50. The Hall–Kier alpha value is -1.51. The lowest BCUT2D eigenvalue weighted by atomic mass is 9.97. The number of hydrogen-bond acceptors (Lipinski definition) is 3. The average molecular weight is 276 g/mol. The van der Waals surface area contributed by atoms with Gasteiger partial charge in [0.15, 0.2) is 0 Å². The summed E-state index contributed by atoms with van der Waals surface area (Å²) in [6.45, 7) is 2.15. The first kappa shape index (κ1) is 14.9. The monoisotopic (exact) mass is 276 g/mol. The average Bonchev–Trinajstić information content (AvgIpc) is 2.50. The van der Waals surface area contributed by atoms with Gasteiger partial charge in [0, 0.05) is 12.8 Å². The van der Waals surface area contributed by atoms with E-state index in [-0.39, 0.29) is 6.10 Å². The second kappa shape index (κ2) is 7.32. The third-order valence-corrected chi connectivity index (χ3v) is 3.84. The molecule has 2 atom stereocenters. The number of benzene rings is 1. The minimum Gasteiger partial charge on any atom is -0.497 e. The van der Waals surface area contributed by atoms with Gasteiger partial charge in [0.25, 0.3) is 0 Å². The van der Waals surface area contributed by atoms with Gasteiger partial charge in [-0.05, 0) is 55.9 Å². The highest BCUT2D eigenvalue weighted by Gasteiger charge is 2.19. The quantitative estimate of drug-likeness (QED) is 0.837. The van der Waals surface area contributed by atoms with Crippen molar-refractivity contribution >= 4 is 5.78 Å². The minimum absolute atomic E-state index is 0.212. The maximum atomic E-state index is 11.7. The van der Waals surface area contributed by atoms with Crippen molar-refractivity contribution < 1.29 is 14.3 Å². The number of Topliss-reactive ketones (excluding diaryl/α,β-unsaturated/α-hetero) is 1. The van der Waals surface area contributed by atoms with E-state index in [9.17, 15) is 4.79 Å². The Bertz CT molecular complexity index is 424. The molecule has 0 aromatic heterocycles. The lowest BCUT2D eigenvalue weighted by Gasteiger charge is -2.21. The van der Waals surface area contributed by atoms with Crippen LogP contribution in [-0.2, 0) is 4.79 Å². The Labute approximate surface area is 121 Å². The van der Waals surface area contributed by atoms with Crippen molar-refractivity contribution in [2.24, 2.45) is 5.92 Å². The van der Waals surface area contributed by atoms with Gasteiger partial charge in [0.1, 0.15) is 17.3 Å². The Kier molecular flexibility index (Phi) is 5.45. The van der Waals surface area contributed by atoms with Gasteiger partial charge in [-0.2, -0.15) is 0 Å². The van der Waals surface area contributed by atoms with Gasteiger partial charge in [0.05, 0.1) is 13.2 Å². The summed E-state index contributed by atoms with van der Waals surface area (Å²) < 4.78 is 11.2. The molecule has 1 aromatic rings. The number of methoxy groups -OCH3 is 1. The summed E-state index contributed by atoms with van der Waals surface area (Å²) in [6, 6.07) is 7.72. The van der Waals surface area contributed by atoms with Gasteiger partial charge in [-0.3, -0.25) is 4.79 Å². The molecule has 1 fully saturated rings. The summed E-state index contributed by atoms with van der Waals surface area (Å²) in [5.74, 6) is 2.53. The van der Waals surface area contributed by atoms with E-state index in [1.165, 1.54) is 0 Å². The molecule has 2 unspecified atom stereocenters. The topological polar surface area (TPSA) is 35.5 Å². The van der Waals surface area contributed by atoms with Crippen molar-refractivity contribution in [1.29, 1.82) is 0 Å². The normalized spacial score (nSPS) is 24.4. The van der Waals surface area contributed by atoms with Gasteiger partial charge in [-0.25, -0.2) is 0 Å². The molecule has 0 heterocycles. The fourth-order valence-electron chi connectivity index (χ4n) is 2.79. The van der Waals surface area contributed by atoms with Crippen molar-refractivity contribution in [1.82, 2.24) is 0 Å². The summed E-state index contributed by atoms with van der Waals surface area (Å²) in [7, 11) is 1.66. The maximum Gasteiger partial charge on any atom is 0.133 e. The molecule has 1 saturated carbocycles. The van der Waals surface area contributed by atoms with Crippen LogP contribution in [0.3, 0.4) is 0 Å². The zero-order chi connectivity index (χ0) is 14.4. The van der Waals surface area contributed by atoms with Crippen molar-refractivity contribution in [3.8, 4) is 11.5 Å². The van der Waals surface area contributed by atoms with E-state index in [1.807, 2.05) is 24.3 Å². The van der Waals surface area contributed by atoms with E-state index in [4.69, 9.17) is 9.47 Å². The largest absolute Gasteiger partial charge is 0.497 e. The van der Waals surface area contributed by atoms with E-state index >= 15 is 0 Å². The van der Waals surface area contributed by atoms with Gasteiger partial charge in [-0.15, -0.1) is 0 Å². The molecule has 1 aliphatic carbocycles. The summed E-state index contributed by atoms with van der Waals surface area (Å²) in [6.07, 6.45) is 5.70. The minimum atomic E-state index is 0.212. The lowest BCUT2D eigenvalue weighted by Crippen LogP contribution is -2.20. The van der Waals surface area contributed by atoms with Crippen LogP contribution in [0, 0.1) is 5.92 Å². The first-order valence-corrected chi connectivity index (χ1v) is 7.50. The van der Waals surface area contributed by atoms with Crippen LogP contribution in [0.1, 0.15) is 45.4 Å². The van der Waals surface area contributed by atoms with E-state index in [0.29, 0.717) is 18.1 Å². The van der Waals surface area contributed by atoms with Crippen LogP contribution in [0.5, 0.6) is 11.5 Å². The van der Waals surface area contributed by atoms with Crippen molar-refractivity contribution in [2.75, 3.05) is 7.11 Å². The zero-order valence-corrected chi connectivity index (χ0v) is 12.4. The van der Waals surface area contributed by atoms with Crippen molar-refractivity contribution in [2.45, 2.75) is 51.6 Å². The summed E-state index contributed by atoms with van der Waals surface area (Å²) in [4.78, 5) is 11.7. The van der Waals surface area contributed by atoms with Crippen LogP contribution in [0.4, 0.5) is 0 Å². The van der Waals surface area contributed by atoms with Crippen LogP contribution >= 0.6 is 0 Å². The number of carbonyl (C=O) groups excluding carboxylic acids is 1. The van der Waals surface area contributed by atoms with Gasteiger partial charge in [0.2, 0.25) is 0 Å².